The number of hydrogen-bond acceptors (Lipinski definition) is 9. The molecule has 13 nitrogen and oxygen atoms in total. The molecule has 5 bridgehead atoms. The highest BCUT2D eigenvalue weighted by molar-refractivity contribution is 9.11. The number of aliphatic hydroxyl groups excluding tert-OH is 1. The van der Waals surface area contributed by atoms with Gasteiger partial charge >= 0.3 is 5.97 Å². The van der Waals surface area contributed by atoms with Crippen LogP contribution in [0.5, 0.6) is 0 Å². The Kier molecular flexibility index (Phi) is 9.57. The van der Waals surface area contributed by atoms with Gasteiger partial charge in [0.2, 0.25) is 11.8 Å². The van der Waals surface area contributed by atoms with Crippen molar-refractivity contribution in [3.63, 3.8) is 0 Å². The summed E-state index contributed by atoms with van der Waals surface area (Å²) in [4.78, 5) is 58.6. The molecule has 4 aliphatic rings. The molecule has 2 aromatic rings. The molecule has 14 heteroatoms. The quantitative estimate of drug-likeness (QED) is 0.239. The number of nitrogens with one attached hydrogen (secondary N) is 1. The van der Waals surface area contributed by atoms with Crippen LogP contribution in [-0.4, -0.2) is 104 Å². The van der Waals surface area contributed by atoms with E-state index in [2.05, 4.69) is 31.6 Å². The number of aliphatic hydroxyl groups is 1. The molecule has 1 aromatic carbocycles. The average molecular weight is 700 g/mol. The number of likely N-dealkylation sites (tertiary alicyclic amines) is 1. The normalized spacial score (nSPS) is 30.8. The summed E-state index contributed by atoms with van der Waals surface area (Å²) in [6, 6.07) is 6.41. The highest BCUT2D eigenvalue weighted by Crippen LogP contribution is 2.59. The second-order valence-electron chi connectivity index (χ2n) is 12.3. The second-order valence-corrected chi connectivity index (χ2v) is 13.3. The van der Waals surface area contributed by atoms with Crippen molar-refractivity contribution >= 4 is 50.7 Å². The first-order valence-electron chi connectivity index (χ1n) is 15.9. The van der Waals surface area contributed by atoms with Gasteiger partial charge < -0.3 is 29.7 Å². The van der Waals surface area contributed by atoms with E-state index in [1.807, 2.05) is 36.4 Å². The maximum absolute atomic E-state index is 14.9. The van der Waals surface area contributed by atoms with Crippen LogP contribution in [0.2, 0.25) is 0 Å². The molecule has 0 saturated carbocycles. The van der Waals surface area contributed by atoms with Gasteiger partial charge in [-0.25, -0.2) is 4.68 Å². The Labute approximate surface area is 275 Å². The summed E-state index contributed by atoms with van der Waals surface area (Å²) < 4.78 is 14.6. The zero-order valence-corrected chi connectivity index (χ0v) is 27.3. The van der Waals surface area contributed by atoms with Crippen LogP contribution in [0.15, 0.2) is 47.0 Å². The minimum Gasteiger partial charge on any atom is -0.460 e. The van der Waals surface area contributed by atoms with E-state index >= 15 is 0 Å². The van der Waals surface area contributed by atoms with E-state index in [4.69, 9.17) is 9.47 Å². The predicted octanol–water partition coefficient (Wildman–Crippen LogP) is 2.04. The topological polar surface area (TPSA) is 156 Å². The zero-order valence-electron chi connectivity index (χ0n) is 25.7. The molecule has 5 heterocycles. The minimum atomic E-state index is -1.38. The summed E-state index contributed by atoms with van der Waals surface area (Å²) in [7, 11) is 0. The lowest BCUT2D eigenvalue weighted by Gasteiger charge is -2.35. The number of para-hydroxylation sites is 1. The molecule has 4 aliphatic heterocycles. The van der Waals surface area contributed by atoms with Crippen molar-refractivity contribution in [2.24, 2.45) is 11.8 Å². The van der Waals surface area contributed by atoms with E-state index in [9.17, 15) is 24.3 Å². The van der Waals surface area contributed by atoms with Crippen LogP contribution < -0.4 is 5.32 Å². The molecular formula is C32H39BrN6O7. The Morgan fingerprint density at radius 1 is 1.09 bits per heavy atom. The molecule has 3 amide bonds. The van der Waals surface area contributed by atoms with Crippen LogP contribution in [0.25, 0.3) is 11.0 Å². The summed E-state index contributed by atoms with van der Waals surface area (Å²) in [6.45, 7) is 2.44. The molecule has 1 aromatic heterocycles. The summed E-state index contributed by atoms with van der Waals surface area (Å²) in [5, 5.41) is 20.6. The molecule has 6 rings (SSSR count). The fourth-order valence-corrected chi connectivity index (χ4v) is 7.76. The van der Waals surface area contributed by atoms with Gasteiger partial charge in [0.05, 0.1) is 18.0 Å². The lowest BCUT2D eigenvalue weighted by molar-refractivity contribution is -0.158. The van der Waals surface area contributed by atoms with Crippen LogP contribution in [0.3, 0.4) is 0 Å². The average Bonchev–Trinajstić information content (AvgIpc) is 3.75. The lowest BCUT2D eigenvalue weighted by atomic mass is 9.74. The molecule has 1 spiro atoms. The van der Waals surface area contributed by atoms with Gasteiger partial charge in [-0.15, -0.1) is 5.10 Å². The van der Waals surface area contributed by atoms with Gasteiger partial charge in [0.25, 0.3) is 5.91 Å². The van der Waals surface area contributed by atoms with E-state index in [0.29, 0.717) is 35.8 Å². The van der Waals surface area contributed by atoms with Crippen LogP contribution in [-0.2, 0) is 35.3 Å². The molecule has 2 fully saturated rings. The van der Waals surface area contributed by atoms with Gasteiger partial charge in [-0.3, -0.25) is 19.2 Å². The molecule has 46 heavy (non-hydrogen) atoms. The van der Waals surface area contributed by atoms with E-state index in [-0.39, 0.29) is 50.5 Å². The molecule has 0 unspecified atom stereocenters. The third kappa shape index (κ3) is 5.97. The zero-order chi connectivity index (χ0) is 32.4. The molecular weight excluding hydrogens is 660 g/mol. The number of unbranched alkanes of at least 4 members (excludes halogenated alkanes) is 3. The van der Waals surface area contributed by atoms with Gasteiger partial charge in [0.1, 0.15) is 42.0 Å². The first kappa shape index (κ1) is 32.3. The number of carbonyl (C=O) groups excluding carboxylic acids is 4. The standard InChI is InChI=1S/C32H39BrN6O7/c1-20-18-34-24(41)13-5-4-8-14-37(19-39-23-12-7-6-11-22(23)35-36-39)30(43)28-32-17-21(33)27(46-32)25(31(44)45-20)26(32)29(42)38(28)15-9-2-3-10-16-40/h4,6-8,11-12,17,20,25-28,40H,2-3,5,9-10,13-16,18-19H2,1H3,(H,34,41)/b8-4-/t20-,25+,26-,27+,28+,32-/m1/s1. The van der Waals surface area contributed by atoms with Gasteiger partial charge in [-0.05, 0) is 44.4 Å². The van der Waals surface area contributed by atoms with Crippen LogP contribution >= 0.6 is 15.9 Å². The van der Waals surface area contributed by atoms with Crippen molar-refractivity contribution in [3.8, 4) is 0 Å². The van der Waals surface area contributed by atoms with Gasteiger partial charge in [0, 0.05) is 30.6 Å². The second kappa shape index (κ2) is 13.6. The van der Waals surface area contributed by atoms with Gasteiger partial charge in [-0.1, -0.05) is 58.3 Å². The van der Waals surface area contributed by atoms with Crippen molar-refractivity contribution in [2.75, 3.05) is 26.2 Å². The number of amides is 3. The Morgan fingerprint density at radius 3 is 2.72 bits per heavy atom. The highest BCUT2D eigenvalue weighted by atomic mass is 79.9. The van der Waals surface area contributed by atoms with Crippen LogP contribution in [0, 0.1) is 11.8 Å². The maximum atomic E-state index is 14.9. The van der Waals surface area contributed by atoms with Crippen LogP contribution in [0.4, 0.5) is 0 Å². The molecule has 0 aliphatic carbocycles. The predicted molar refractivity (Wildman–Crippen MR) is 169 cm³/mol. The highest BCUT2D eigenvalue weighted by Gasteiger charge is 2.74. The third-order valence-electron chi connectivity index (χ3n) is 9.21. The fraction of sp³-hybridized carbons (Fsp3) is 0.562. The van der Waals surface area contributed by atoms with E-state index < -0.39 is 41.7 Å². The van der Waals surface area contributed by atoms with Crippen molar-refractivity contribution in [3.05, 3.63) is 47.0 Å². The number of fused-ring (bicyclic) bond motifs is 3. The van der Waals surface area contributed by atoms with Gasteiger partial charge in [0.15, 0.2) is 0 Å². The number of hydrogen-bond donors (Lipinski definition) is 2. The molecule has 246 valence electrons. The number of halogens is 1. The number of rotatable bonds is 8. The number of esters is 1. The first-order chi connectivity index (χ1) is 22.2. The molecule has 2 N–H and O–H groups in total. The van der Waals surface area contributed by atoms with Crippen molar-refractivity contribution in [1.29, 1.82) is 0 Å². The fourth-order valence-electron chi connectivity index (χ4n) is 7.03. The SMILES string of the molecule is C[C@@H]1CNC(=O)CC/C=C\CN(Cn2nnc3ccccc32)C(=O)[C@@H]2N(CCCCCCO)C(=O)[C@H]3[C@H](C(=O)O1)[C@H]1O[C@@]23C=C1Br. The maximum Gasteiger partial charge on any atom is 0.313 e. The number of benzene rings is 1. The number of aromatic nitrogens is 3. The van der Waals surface area contributed by atoms with Crippen LogP contribution in [0.1, 0.15) is 45.4 Å². The number of nitrogens with zero attached hydrogens (tertiary/aromatic N) is 5. The van der Waals surface area contributed by atoms with Crippen molar-refractivity contribution in [2.45, 2.75) is 76.0 Å². The molecule has 6 atom stereocenters. The Balaban J connectivity index is 1.40. The van der Waals surface area contributed by atoms with Gasteiger partial charge in [-0.2, -0.15) is 0 Å². The Hall–Kier alpha value is -3.62. The molecule has 0 radical (unpaired) electrons. The van der Waals surface area contributed by atoms with Crippen molar-refractivity contribution < 1.29 is 33.8 Å². The number of ether oxygens (including phenoxy) is 2. The largest absolute Gasteiger partial charge is 0.460 e. The monoisotopic (exact) mass is 698 g/mol. The van der Waals surface area contributed by atoms with Crippen molar-refractivity contribution in [1.82, 2.24) is 30.1 Å². The first-order valence-corrected chi connectivity index (χ1v) is 16.7. The summed E-state index contributed by atoms with van der Waals surface area (Å²) in [6.07, 6.45) is 7.57. The van der Waals surface area contributed by atoms with E-state index in [1.54, 1.807) is 27.5 Å². The summed E-state index contributed by atoms with van der Waals surface area (Å²) in [5.74, 6) is -3.40. The van der Waals surface area contributed by atoms with E-state index in [0.717, 1.165) is 18.4 Å². The Bertz CT molecular complexity index is 1560. The third-order valence-corrected chi connectivity index (χ3v) is 9.89. The summed E-state index contributed by atoms with van der Waals surface area (Å²) in [5.41, 5.74) is 0.0437. The smallest absolute Gasteiger partial charge is 0.313 e. The number of carbonyl (C=O) groups is 4. The lowest BCUT2D eigenvalue weighted by Crippen LogP contribution is -2.56. The number of allylic oxidation sites excluding steroid dienone is 1. The summed E-state index contributed by atoms with van der Waals surface area (Å²) >= 11 is 3.57. The molecule has 2 saturated heterocycles. The number of cyclic esters (lactones) is 1. The minimum absolute atomic E-state index is 0.0528. The Morgan fingerprint density at radius 2 is 1.89 bits per heavy atom. The van der Waals surface area contributed by atoms with E-state index in [1.165, 1.54) is 0 Å².